The van der Waals surface area contributed by atoms with E-state index in [1.807, 2.05) is 0 Å². The Kier molecular flexibility index (Phi) is 13.5. The summed E-state index contributed by atoms with van der Waals surface area (Å²) in [6, 6.07) is -4.53. The number of nitrogens with one attached hydrogen (secondary N) is 3. The van der Waals surface area contributed by atoms with Gasteiger partial charge in [0.2, 0.25) is 23.6 Å². The van der Waals surface area contributed by atoms with Gasteiger partial charge in [0.1, 0.15) is 18.1 Å². The van der Waals surface area contributed by atoms with Gasteiger partial charge in [0, 0.05) is 5.75 Å². The summed E-state index contributed by atoms with van der Waals surface area (Å²) < 4.78 is 0. The maximum absolute atomic E-state index is 12.8. The van der Waals surface area contributed by atoms with Crippen LogP contribution in [0.25, 0.3) is 0 Å². The molecular formula is C18H34N6O6S. The largest absolute Gasteiger partial charge is 0.480 e. The third kappa shape index (κ3) is 11.0. The van der Waals surface area contributed by atoms with Crippen molar-refractivity contribution in [3.63, 3.8) is 0 Å². The average Bonchev–Trinajstić information content (AvgIpc) is 2.67. The second-order valence-corrected chi connectivity index (χ2v) is 7.80. The highest BCUT2D eigenvalue weighted by Crippen LogP contribution is 2.07. The summed E-state index contributed by atoms with van der Waals surface area (Å²) in [6.07, 6.45) is 0.937. The highest BCUT2D eigenvalue weighted by molar-refractivity contribution is 7.80. The number of hydrogen-bond donors (Lipinski definition) is 8. The second kappa shape index (κ2) is 14.6. The summed E-state index contributed by atoms with van der Waals surface area (Å²) >= 11 is 3.90. The molecule has 0 fully saturated rings. The first kappa shape index (κ1) is 28.6. The van der Waals surface area contributed by atoms with Crippen LogP contribution in [-0.4, -0.2) is 71.2 Å². The van der Waals surface area contributed by atoms with Crippen LogP contribution in [0, 0.1) is 5.92 Å². The molecule has 0 aromatic carbocycles. The predicted molar refractivity (Wildman–Crippen MR) is 117 cm³/mol. The number of hydrogen-bond acceptors (Lipinski definition) is 8. The van der Waals surface area contributed by atoms with E-state index in [0.29, 0.717) is 19.4 Å². The molecule has 4 amide bonds. The molecule has 31 heavy (non-hydrogen) atoms. The van der Waals surface area contributed by atoms with Crippen molar-refractivity contribution in [2.24, 2.45) is 23.1 Å². The zero-order valence-electron chi connectivity index (χ0n) is 17.8. The van der Waals surface area contributed by atoms with Gasteiger partial charge in [0.05, 0.1) is 12.5 Å². The highest BCUT2D eigenvalue weighted by Gasteiger charge is 2.31. The van der Waals surface area contributed by atoms with Crippen molar-refractivity contribution >= 4 is 42.2 Å². The highest BCUT2D eigenvalue weighted by atomic mass is 32.1. The number of rotatable bonds is 15. The van der Waals surface area contributed by atoms with E-state index in [4.69, 9.17) is 22.3 Å². The lowest BCUT2D eigenvalue weighted by Crippen LogP contribution is -2.58. The monoisotopic (exact) mass is 462 g/mol. The van der Waals surface area contributed by atoms with Crippen LogP contribution >= 0.6 is 12.6 Å². The lowest BCUT2D eigenvalue weighted by Gasteiger charge is -2.26. The van der Waals surface area contributed by atoms with Crippen molar-refractivity contribution in [2.45, 2.75) is 63.7 Å². The molecule has 12 nitrogen and oxygen atoms in total. The minimum Gasteiger partial charge on any atom is -0.480 e. The van der Waals surface area contributed by atoms with Gasteiger partial charge in [-0.2, -0.15) is 12.6 Å². The zero-order valence-corrected chi connectivity index (χ0v) is 18.7. The molecule has 0 bridgehead atoms. The van der Waals surface area contributed by atoms with Crippen LogP contribution in [0.3, 0.4) is 0 Å². The normalized spacial score (nSPS) is 14.8. The van der Waals surface area contributed by atoms with Gasteiger partial charge >= 0.3 is 5.97 Å². The van der Waals surface area contributed by atoms with Crippen LogP contribution in [0.1, 0.15) is 39.5 Å². The number of aliphatic carboxylic acids is 1. The topological polar surface area (TPSA) is 220 Å². The zero-order chi connectivity index (χ0) is 24.1. The molecule has 0 aromatic heterocycles. The number of carbonyl (C=O) groups is 5. The Morgan fingerprint density at radius 1 is 0.935 bits per heavy atom. The van der Waals surface area contributed by atoms with E-state index in [9.17, 15) is 24.0 Å². The van der Waals surface area contributed by atoms with Gasteiger partial charge in [-0.1, -0.05) is 13.8 Å². The van der Waals surface area contributed by atoms with E-state index in [1.165, 1.54) is 0 Å². The van der Waals surface area contributed by atoms with Crippen molar-refractivity contribution in [1.82, 2.24) is 16.0 Å². The fraction of sp³-hybridized carbons (Fsp3) is 0.722. The Balaban J connectivity index is 5.34. The van der Waals surface area contributed by atoms with Crippen molar-refractivity contribution in [3.8, 4) is 0 Å². The van der Waals surface area contributed by atoms with E-state index in [2.05, 4.69) is 28.6 Å². The van der Waals surface area contributed by atoms with Crippen LogP contribution in [0.4, 0.5) is 0 Å². The van der Waals surface area contributed by atoms with Gasteiger partial charge in [-0.15, -0.1) is 0 Å². The van der Waals surface area contributed by atoms with Crippen LogP contribution in [0.15, 0.2) is 0 Å². The summed E-state index contributed by atoms with van der Waals surface area (Å²) in [5, 5.41) is 16.5. The first-order valence-electron chi connectivity index (χ1n) is 9.93. The summed E-state index contributed by atoms with van der Waals surface area (Å²) in [6.45, 7) is 3.74. The molecule has 0 aliphatic carbocycles. The molecule has 178 valence electrons. The van der Waals surface area contributed by atoms with Gasteiger partial charge in [0.25, 0.3) is 0 Å². The smallest absolute Gasteiger partial charge is 0.327 e. The fourth-order valence-corrected chi connectivity index (χ4v) is 2.83. The second-order valence-electron chi connectivity index (χ2n) is 7.43. The molecule has 4 atom stereocenters. The summed E-state index contributed by atoms with van der Waals surface area (Å²) in [5.74, 6) is -4.61. The Morgan fingerprint density at radius 3 is 1.97 bits per heavy atom. The number of carbonyl (C=O) groups excluding carboxylic acids is 4. The Morgan fingerprint density at radius 2 is 1.52 bits per heavy atom. The number of thiol groups is 1. The number of amides is 4. The summed E-state index contributed by atoms with van der Waals surface area (Å²) in [7, 11) is 0. The van der Waals surface area contributed by atoms with Crippen molar-refractivity contribution < 1.29 is 29.1 Å². The molecule has 0 aliphatic heterocycles. The van der Waals surface area contributed by atoms with Gasteiger partial charge in [0.15, 0.2) is 0 Å². The predicted octanol–water partition coefficient (Wildman–Crippen LogP) is -2.56. The number of nitrogens with two attached hydrogens (primary N) is 3. The van der Waals surface area contributed by atoms with Gasteiger partial charge < -0.3 is 38.3 Å². The SMILES string of the molecule is CC(C)C(NC(=O)C(N)CC(N)=O)C(=O)NC(CCCCN)C(=O)NC(CS)C(=O)O. The average molecular weight is 463 g/mol. The van der Waals surface area contributed by atoms with Crippen LogP contribution in [0.2, 0.25) is 0 Å². The van der Waals surface area contributed by atoms with E-state index < -0.39 is 53.8 Å². The molecule has 4 unspecified atom stereocenters. The minimum absolute atomic E-state index is 0.132. The molecule has 0 heterocycles. The Hall–Kier alpha value is -2.38. The van der Waals surface area contributed by atoms with Gasteiger partial charge in [-0.25, -0.2) is 4.79 Å². The van der Waals surface area contributed by atoms with Crippen LogP contribution in [0.5, 0.6) is 0 Å². The third-order valence-corrected chi connectivity index (χ3v) is 4.75. The summed E-state index contributed by atoms with van der Waals surface area (Å²) in [5.41, 5.74) is 16.1. The molecule has 0 saturated heterocycles. The molecular weight excluding hydrogens is 428 g/mol. The number of carboxylic acid groups (broad SMARTS) is 1. The van der Waals surface area contributed by atoms with E-state index >= 15 is 0 Å². The van der Waals surface area contributed by atoms with Gasteiger partial charge in [-0.05, 0) is 31.7 Å². The maximum Gasteiger partial charge on any atom is 0.327 e. The number of unbranched alkanes of at least 4 members (excludes halogenated alkanes) is 1. The van der Waals surface area contributed by atoms with Crippen LogP contribution in [-0.2, 0) is 24.0 Å². The fourth-order valence-electron chi connectivity index (χ4n) is 2.59. The number of primary amides is 1. The first-order valence-corrected chi connectivity index (χ1v) is 10.6. The lowest BCUT2D eigenvalue weighted by molar-refractivity contribution is -0.141. The molecule has 0 radical (unpaired) electrons. The quantitative estimate of drug-likeness (QED) is 0.0953. The van der Waals surface area contributed by atoms with Gasteiger partial charge in [-0.3, -0.25) is 19.2 Å². The molecule has 13 heteroatoms. The van der Waals surface area contributed by atoms with E-state index in [1.54, 1.807) is 13.8 Å². The maximum atomic E-state index is 12.8. The van der Waals surface area contributed by atoms with E-state index in [0.717, 1.165) is 0 Å². The molecule has 10 N–H and O–H groups in total. The molecule has 0 rings (SSSR count). The number of carboxylic acids is 1. The minimum atomic E-state index is -1.26. The molecule has 0 aliphatic rings. The lowest BCUT2D eigenvalue weighted by atomic mass is 10.0. The molecule has 0 saturated carbocycles. The molecule has 0 aromatic rings. The van der Waals surface area contributed by atoms with E-state index in [-0.39, 0.29) is 24.5 Å². The Bertz CT molecular complexity index is 647. The Labute approximate surface area is 186 Å². The van der Waals surface area contributed by atoms with Crippen molar-refractivity contribution in [1.29, 1.82) is 0 Å². The van der Waals surface area contributed by atoms with Crippen molar-refractivity contribution in [2.75, 3.05) is 12.3 Å². The first-order chi connectivity index (χ1) is 14.4. The van der Waals surface area contributed by atoms with Crippen LogP contribution < -0.4 is 33.2 Å². The van der Waals surface area contributed by atoms with Crippen molar-refractivity contribution in [3.05, 3.63) is 0 Å². The third-order valence-electron chi connectivity index (χ3n) is 4.38. The summed E-state index contributed by atoms with van der Waals surface area (Å²) in [4.78, 5) is 59.7. The molecule has 0 spiro atoms. The standard InChI is InChI=1S/C18H34N6O6S/c1-9(2)14(24-15(26)10(20)7-13(21)25)17(28)22-11(5-3-4-6-19)16(27)23-12(8-31)18(29)30/h9-12,14,31H,3-8,19-20H2,1-2H3,(H2,21,25)(H,22,28)(H,23,27)(H,24,26)(H,29,30).